The van der Waals surface area contributed by atoms with Gasteiger partial charge in [0.15, 0.2) is 0 Å². The second-order valence-electron chi connectivity index (χ2n) is 17.2. The van der Waals surface area contributed by atoms with E-state index in [1.165, 1.54) is 115 Å². The van der Waals surface area contributed by atoms with E-state index in [1.807, 2.05) is 0 Å². The van der Waals surface area contributed by atoms with Crippen LogP contribution in [0.3, 0.4) is 0 Å². The molecular formula is C66H44. The lowest BCUT2D eigenvalue weighted by atomic mass is 9.83. The van der Waals surface area contributed by atoms with Crippen molar-refractivity contribution in [1.82, 2.24) is 0 Å². The fourth-order valence-electron chi connectivity index (χ4n) is 10.2. The van der Waals surface area contributed by atoms with E-state index in [0.29, 0.717) is 0 Å². The predicted molar refractivity (Wildman–Crippen MR) is 284 cm³/mol. The zero-order chi connectivity index (χ0) is 43.8. The summed E-state index contributed by atoms with van der Waals surface area (Å²) in [6.07, 6.45) is 2.39. The molecule has 12 rings (SSSR count). The number of rotatable bonds is 8. The van der Waals surface area contributed by atoms with E-state index in [1.54, 1.807) is 0 Å². The number of hydrogen-bond acceptors (Lipinski definition) is 0. The molecule has 66 heavy (non-hydrogen) atoms. The van der Waals surface area contributed by atoms with Crippen molar-refractivity contribution in [3.63, 3.8) is 0 Å². The van der Waals surface area contributed by atoms with Crippen LogP contribution in [-0.2, 0) is 0 Å². The molecule has 0 aliphatic carbocycles. The SMILES string of the molecule is C(=C(c1cccc(-c2cccc3ccccc23)c1)c1cccc(-c2cccc3ccccc23)c1)c1cccc(-c2c3ccccc3c(-c3ccccc3-c3ccccc3)c3ccccc23)c1. The Morgan fingerprint density at radius 1 is 0.242 bits per heavy atom. The third-order valence-electron chi connectivity index (χ3n) is 13.2. The van der Waals surface area contributed by atoms with Crippen molar-refractivity contribution in [1.29, 1.82) is 0 Å². The normalized spacial score (nSPS) is 11.3. The third-order valence-corrected chi connectivity index (χ3v) is 13.2. The third kappa shape index (κ3) is 7.06. The van der Waals surface area contributed by atoms with Crippen molar-refractivity contribution in [3.05, 3.63) is 278 Å². The summed E-state index contributed by atoms with van der Waals surface area (Å²) >= 11 is 0. The van der Waals surface area contributed by atoms with Crippen LogP contribution in [0.5, 0.6) is 0 Å². The Balaban J connectivity index is 1.05. The van der Waals surface area contributed by atoms with Crippen LogP contribution in [0.25, 0.3) is 110 Å². The maximum atomic E-state index is 2.39. The molecule has 0 aliphatic rings. The van der Waals surface area contributed by atoms with Gasteiger partial charge in [0.05, 0.1) is 0 Å². The van der Waals surface area contributed by atoms with Crippen LogP contribution >= 0.6 is 0 Å². The summed E-state index contributed by atoms with van der Waals surface area (Å²) in [6.45, 7) is 0. The molecule has 0 unspecified atom stereocenters. The van der Waals surface area contributed by atoms with Crippen LogP contribution in [0.15, 0.2) is 261 Å². The van der Waals surface area contributed by atoms with Crippen molar-refractivity contribution < 1.29 is 0 Å². The molecule has 0 heteroatoms. The van der Waals surface area contributed by atoms with E-state index in [2.05, 4.69) is 267 Å². The van der Waals surface area contributed by atoms with Gasteiger partial charge in [-0.2, -0.15) is 0 Å². The fourth-order valence-corrected chi connectivity index (χ4v) is 10.2. The summed E-state index contributed by atoms with van der Waals surface area (Å²) in [7, 11) is 0. The summed E-state index contributed by atoms with van der Waals surface area (Å²) < 4.78 is 0. The van der Waals surface area contributed by atoms with Gasteiger partial charge in [0.2, 0.25) is 0 Å². The molecule has 0 atom stereocenters. The molecule has 0 aromatic heterocycles. The Bertz CT molecular complexity index is 3620. The largest absolute Gasteiger partial charge is 0.0622 e. The highest BCUT2D eigenvalue weighted by atomic mass is 14.2. The average molecular weight is 837 g/mol. The van der Waals surface area contributed by atoms with Crippen LogP contribution in [0.4, 0.5) is 0 Å². The molecular weight excluding hydrogens is 793 g/mol. The maximum Gasteiger partial charge on any atom is -0.00201 e. The van der Waals surface area contributed by atoms with Crippen LogP contribution in [0.1, 0.15) is 16.7 Å². The van der Waals surface area contributed by atoms with Crippen LogP contribution in [0.2, 0.25) is 0 Å². The van der Waals surface area contributed by atoms with Gasteiger partial charge in [-0.1, -0.05) is 243 Å². The minimum atomic E-state index is 1.14. The highest BCUT2D eigenvalue weighted by Gasteiger charge is 2.19. The first-order chi connectivity index (χ1) is 32.7. The van der Waals surface area contributed by atoms with E-state index < -0.39 is 0 Å². The van der Waals surface area contributed by atoms with Gasteiger partial charge in [0.25, 0.3) is 0 Å². The molecule has 0 bridgehead atoms. The van der Waals surface area contributed by atoms with Gasteiger partial charge in [-0.05, 0) is 145 Å². The molecule has 0 saturated heterocycles. The van der Waals surface area contributed by atoms with E-state index in [9.17, 15) is 0 Å². The average Bonchev–Trinajstić information content (AvgIpc) is 3.39. The lowest BCUT2D eigenvalue weighted by Gasteiger charge is -2.20. The van der Waals surface area contributed by atoms with E-state index in [4.69, 9.17) is 0 Å². The first-order valence-corrected chi connectivity index (χ1v) is 22.8. The number of hydrogen-bond donors (Lipinski definition) is 0. The second-order valence-corrected chi connectivity index (χ2v) is 17.2. The summed E-state index contributed by atoms with van der Waals surface area (Å²) in [6, 6.07) is 95.5. The quantitative estimate of drug-likeness (QED) is 0.106. The number of benzene rings is 12. The molecule has 0 spiro atoms. The Kier molecular flexibility index (Phi) is 9.97. The van der Waals surface area contributed by atoms with E-state index in [-0.39, 0.29) is 0 Å². The maximum absolute atomic E-state index is 2.39. The van der Waals surface area contributed by atoms with E-state index in [0.717, 1.165) is 5.56 Å². The Hall–Kier alpha value is -8.58. The molecule has 0 fully saturated rings. The smallest absolute Gasteiger partial charge is 0.00201 e. The molecule has 0 radical (unpaired) electrons. The molecule has 12 aromatic rings. The van der Waals surface area contributed by atoms with Crippen molar-refractivity contribution in [2.45, 2.75) is 0 Å². The van der Waals surface area contributed by atoms with Crippen molar-refractivity contribution in [2.24, 2.45) is 0 Å². The Labute approximate surface area is 386 Å². The van der Waals surface area contributed by atoms with Crippen LogP contribution < -0.4 is 0 Å². The predicted octanol–water partition coefficient (Wildman–Crippen LogP) is 18.2. The first kappa shape index (κ1) is 39.0. The van der Waals surface area contributed by atoms with Gasteiger partial charge in [-0.15, -0.1) is 0 Å². The minimum Gasteiger partial charge on any atom is -0.0622 e. The van der Waals surface area contributed by atoms with Crippen molar-refractivity contribution >= 4 is 54.7 Å². The monoisotopic (exact) mass is 836 g/mol. The van der Waals surface area contributed by atoms with Crippen molar-refractivity contribution in [3.8, 4) is 55.6 Å². The second kappa shape index (κ2) is 16.8. The summed E-state index contributed by atoms with van der Waals surface area (Å²) in [5.74, 6) is 0. The zero-order valence-electron chi connectivity index (χ0n) is 36.4. The fraction of sp³-hybridized carbons (Fsp3) is 0. The van der Waals surface area contributed by atoms with E-state index >= 15 is 0 Å². The summed E-state index contributed by atoms with van der Waals surface area (Å²) in [5.41, 5.74) is 16.9. The lowest BCUT2D eigenvalue weighted by molar-refractivity contribution is 1.54. The molecule has 0 nitrogen and oxygen atoms in total. The molecule has 0 heterocycles. The zero-order valence-corrected chi connectivity index (χ0v) is 36.4. The standard InChI is InChI=1S/C66H44/c1-2-20-46(21-3-1)56-33-8-9-34-59(56)66-62-37-12-10-35-60(62)65(61-36-11-13-38-63(61)66)53-30-14-19-45(41-53)42-64(51-28-15-26-49(43-51)57-39-17-24-47-22-4-6-31-54(47)57)52-29-16-27-50(44-52)58-40-18-25-48-23-5-7-32-55(48)58/h1-44H. The lowest BCUT2D eigenvalue weighted by Crippen LogP contribution is -1.93. The molecule has 0 amide bonds. The molecule has 0 aliphatic heterocycles. The van der Waals surface area contributed by atoms with Crippen LogP contribution in [-0.4, -0.2) is 0 Å². The Morgan fingerprint density at radius 2 is 0.636 bits per heavy atom. The summed E-state index contributed by atoms with van der Waals surface area (Å²) in [4.78, 5) is 0. The van der Waals surface area contributed by atoms with Gasteiger partial charge >= 0.3 is 0 Å². The first-order valence-electron chi connectivity index (χ1n) is 22.8. The Morgan fingerprint density at radius 3 is 1.21 bits per heavy atom. The molecule has 0 N–H and O–H groups in total. The highest BCUT2D eigenvalue weighted by molar-refractivity contribution is 6.22. The minimum absolute atomic E-state index is 1.14. The van der Waals surface area contributed by atoms with Gasteiger partial charge in [-0.3, -0.25) is 0 Å². The van der Waals surface area contributed by atoms with Gasteiger partial charge in [-0.25, -0.2) is 0 Å². The van der Waals surface area contributed by atoms with Gasteiger partial charge in [0, 0.05) is 0 Å². The molecule has 308 valence electrons. The van der Waals surface area contributed by atoms with Gasteiger partial charge in [0.1, 0.15) is 0 Å². The van der Waals surface area contributed by atoms with Gasteiger partial charge < -0.3 is 0 Å². The summed E-state index contributed by atoms with van der Waals surface area (Å²) in [5, 5.41) is 9.94. The van der Waals surface area contributed by atoms with Crippen molar-refractivity contribution in [2.75, 3.05) is 0 Å². The highest BCUT2D eigenvalue weighted by Crippen LogP contribution is 2.46. The topological polar surface area (TPSA) is 0 Å². The molecule has 0 saturated carbocycles. The van der Waals surface area contributed by atoms with Crippen LogP contribution in [0, 0.1) is 0 Å². The number of fused-ring (bicyclic) bond motifs is 4. The molecule has 12 aromatic carbocycles.